The quantitative estimate of drug-likeness (QED) is 0.420. The van der Waals surface area contributed by atoms with E-state index in [0.29, 0.717) is 22.3 Å². The zero-order chi connectivity index (χ0) is 15.6. The summed E-state index contributed by atoms with van der Waals surface area (Å²) in [5.41, 5.74) is 12.1. The molecule has 0 bridgehead atoms. The van der Waals surface area contributed by atoms with Gasteiger partial charge < -0.3 is 25.9 Å². The van der Waals surface area contributed by atoms with Crippen LogP contribution in [0.4, 0.5) is 0 Å². The highest BCUT2D eigenvalue weighted by atomic mass is 16.5. The van der Waals surface area contributed by atoms with Crippen LogP contribution in [0, 0.1) is 0 Å². The molecule has 21 heavy (non-hydrogen) atoms. The molecule has 2 aromatic heterocycles. The number of hydrogen-bond donors (Lipinski definition) is 3. The van der Waals surface area contributed by atoms with Gasteiger partial charge in [-0.05, 0) is 13.0 Å². The van der Waals surface area contributed by atoms with Gasteiger partial charge in [0.05, 0.1) is 30.6 Å². The number of esters is 1. The minimum atomic E-state index is -0.503. The second-order valence-electron chi connectivity index (χ2n) is 4.41. The number of aryl methyl sites for hydroxylation is 1. The minimum Gasteiger partial charge on any atom is -0.506 e. The van der Waals surface area contributed by atoms with E-state index in [4.69, 9.17) is 16.2 Å². The summed E-state index contributed by atoms with van der Waals surface area (Å²) in [6.45, 7) is 2.07. The summed E-state index contributed by atoms with van der Waals surface area (Å²) < 4.78 is 6.77. The number of guanidine groups is 1. The molecule has 0 saturated heterocycles. The van der Waals surface area contributed by atoms with Crippen LogP contribution in [-0.4, -0.2) is 33.2 Å². The molecule has 8 heteroatoms. The van der Waals surface area contributed by atoms with Crippen molar-refractivity contribution in [2.45, 2.75) is 13.5 Å². The summed E-state index contributed by atoms with van der Waals surface area (Å²) >= 11 is 0. The Hall–Kier alpha value is -2.77. The molecule has 0 aliphatic rings. The Balaban J connectivity index is 2.69. The normalized spacial score (nSPS) is 10.6. The monoisotopic (exact) mass is 291 g/mol. The van der Waals surface area contributed by atoms with Gasteiger partial charge in [-0.25, -0.2) is 14.8 Å². The van der Waals surface area contributed by atoms with E-state index in [-0.39, 0.29) is 24.9 Å². The van der Waals surface area contributed by atoms with Crippen LogP contribution < -0.4 is 11.5 Å². The second-order valence-corrected chi connectivity index (χ2v) is 4.41. The van der Waals surface area contributed by atoms with Crippen molar-refractivity contribution in [1.82, 2.24) is 9.55 Å². The number of aromatic hydroxyl groups is 1. The fourth-order valence-corrected chi connectivity index (χ4v) is 2.13. The van der Waals surface area contributed by atoms with Crippen LogP contribution in [0.3, 0.4) is 0 Å². The van der Waals surface area contributed by atoms with Crippen LogP contribution in [0.15, 0.2) is 17.3 Å². The van der Waals surface area contributed by atoms with Crippen LogP contribution in [0.2, 0.25) is 0 Å². The van der Waals surface area contributed by atoms with E-state index < -0.39 is 5.97 Å². The van der Waals surface area contributed by atoms with Crippen LogP contribution in [0.1, 0.15) is 23.0 Å². The van der Waals surface area contributed by atoms with Crippen molar-refractivity contribution >= 4 is 23.0 Å². The molecule has 0 aromatic carbocycles. The molecule has 0 fully saturated rings. The van der Waals surface area contributed by atoms with Crippen molar-refractivity contribution in [3.05, 3.63) is 23.5 Å². The maximum atomic E-state index is 12.2. The van der Waals surface area contributed by atoms with Gasteiger partial charge in [0, 0.05) is 12.4 Å². The van der Waals surface area contributed by atoms with Crippen molar-refractivity contribution in [2.75, 3.05) is 6.61 Å². The molecular formula is C13H17N5O3. The lowest BCUT2D eigenvalue weighted by Crippen LogP contribution is -2.23. The predicted molar refractivity (Wildman–Crippen MR) is 77.8 cm³/mol. The highest BCUT2D eigenvalue weighted by Crippen LogP contribution is 2.28. The van der Waals surface area contributed by atoms with Crippen molar-refractivity contribution in [3.8, 4) is 5.75 Å². The molecule has 8 nitrogen and oxygen atoms in total. The largest absolute Gasteiger partial charge is 0.506 e. The molecule has 0 aliphatic carbocycles. The van der Waals surface area contributed by atoms with E-state index >= 15 is 0 Å². The second kappa shape index (κ2) is 5.70. The topological polar surface area (TPSA) is 129 Å². The number of carbonyl (C=O) groups is 1. The number of nitrogens with zero attached hydrogens (tertiary/aromatic N) is 3. The van der Waals surface area contributed by atoms with Crippen molar-refractivity contribution in [3.63, 3.8) is 0 Å². The standard InChI is InChI=1S/C13H17N5O3/c1-3-21-12(20)10-8-4-7(19)5-16-11(8)18(2)9(10)6-17-13(14)15/h4-5,19H,3,6H2,1-2H3,(H4,14,15,17). The third kappa shape index (κ3) is 2.73. The Morgan fingerprint density at radius 3 is 2.86 bits per heavy atom. The van der Waals surface area contributed by atoms with Crippen molar-refractivity contribution in [1.29, 1.82) is 0 Å². The average molecular weight is 291 g/mol. The van der Waals surface area contributed by atoms with Gasteiger partial charge in [0.15, 0.2) is 5.96 Å². The van der Waals surface area contributed by atoms with E-state index in [1.165, 1.54) is 12.3 Å². The van der Waals surface area contributed by atoms with E-state index in [1.54, 1.807) is 18.5 Å². The lowest BCUT2D eigenvalue weighted by Gasteiger charge is -2.05. The first-order valence-corrected chi connectivity index (χ1v) is 6.34. The number of hydrogen-bond acceptors (Lipinski definition) is 5. The van der Waals surface area contributed by atoms with Gasteiger partial charge in [0.1, 0.15) is 11.4 Å². The van der Waals surface area contributed by atoms with Crippen LogP contribution in [-0.2, 0) is 18.3 Å². The molecule has 112 valence electrons. The number of aliphatic imine (C=N–C) groups is 1. The maximum absolute atomic E-state index is 12.2. The first kappa shape index (κ1) is 14.6. The van der Waals surface area contributed by atoms with Gasteiger partial charge in [-0.2, -0.15) is 0 Å². The SMILES string of the molecule is CCOC(=O)c1c(CN=C(N)N)n(C)c2ncc(O)cc12. The summed E-state index contributed by atoms with van der Waals surface area (Å²) in [6, 6.07) is 1.47. The molecule has 5 N–H and O–H groups in total. The third-order valence-corrected chi connectivity index (χ3v) is 3.02. The lowest BCUT2D eigenvalue weighted by molar-refractivity contribution is 0.0527. The molecule has 0 unspecified atom stereocenters. The smallest absolute Gasteiger partial charge is 0.340 e. The minimum absolute atomic E-state index is 0.0351. The van der Waals surface area contributed by atoms with Crippen molar-refractivity contribution < 1.29 is 14.6 Å². The van der Waals surface area contributed by atoms with Gasteiger partial charge in [0.2, 0.25) is 0 Å². The summed E-state index contributed by atoms with van der Waals surface area (Å²) in [6.07, 6.45) is 1.31. The number of nitrogens with two attached hydrogens (primary N) is 2. The fourth-order valence-electron chi connectivity index (χ4n) is 2.13. The number of ether oxygens (including phenoxy) is 1. The Morgan fingerprint density at radius 2 is 2.24 bits per heavy atom. The zero-order valence-electron chi connectivity index (χ0n) is 11.8. The third-order valence-electron chi connectivity index (χ3n) is 3.02. The molecule has 0 radical (unpaired) electrons. The van der Waals surface area contributed by atoms with E-state index in [2.05, 4.69) is 9.98 Å². The zero-order valence-corrected chi connectivity index (χ0v) is 11.8. The van der Waals surface area contributed by atoms with E-state index in [9.17, 15) is 9.90 Å². The summed E-state index contributed by atoms with van der Waals surface area (Å²) in [5, 5.41) is 10.1. The molecule has 0 saturated carbocycles. The molecule has 2 aromatic rings. The Labute approximate surface area is 121 Å². The van der Waals surface area contributed by atoms with E-state index in [1.807, 2.05) is 0 Å². The van der Waals surface area contributed by atoms with Crippen LogP contribution in [0.25, 0.3) is 11.0 Å². The molecule has 0 amide bonds. The van der Waals surface area contributed by atoms with Crippen molar-refractivity contribution in [2.24, 2.45) is 23.5 Å². The van der Waals surface area contributed by atoms with Gasteiger partial charge in [-0.3, -0.25) is 0 Å². The van der Waals surface area contributed by atoms with Gasteiger partial charge in [-0.1, -0.05) is 0 Å². The summed E-state index contributed by atoms with van der Waals surface area (Å²) in [4.78, 5) is 20.2. The molecule has 0 spiro atoms. The van der Waals surface area contributed by atoms with Crippen LogP contribution in [0.5, 0.6) is 5.75 Å². The van der Waals surface area contributed by atoms with Gasteiger partial charge in [0.25, 0.3) is 0 Å². The lowest BCUT2D eigenvalue weighted by atomic mass is 10.1. The van der Waals surface area contributed by atoms with E-state index in [0.717, 1.165) is 0 Å². The maximum Gasteiger partial charge on any atom is 0.340 e. The molecule has 2 heterocycles. The molecular weight excluding hydrogens is 274 g/mol. The first-order chi connectivity index (χ1) is 9.95. The Kier molecular flexibility index (Phi) is 3.97. The number of fused-ring (bicyclic) bond motifs is 1. The predicted octanol–water partition coefficient (Wildman–Crippen LogP) is 0.229. The highest BCUT2D eigenvalue weighted by molar-refractivity contribution is 6.05. The molecule has 0 atom stereocenters. The number of pyridine rings is 1. The number of rotatable bonds is 4. The molecule has 0 aliphatic heterocycles. The van der Waals surface area contributed by atoms with Crippen LogP contribution >= 0.6 is 0 Å². The van der Waals surface area contributed by atoms with Gasteiger partial charge in [-0.15, -0.1) is 0 Å². The average Bonchev–Trinajstić information content (AvgIpc) is 2.69. The summed E-state index contributed by atoms with van der Waals surface area (Å²) in [7, 11) is 1.74. The fraction of sp³-hybridized carbons (Fsp3) is 0.308. The number of aromatic nitrogens is 2. The Bertz CT molecular complexity index is 716. The number of carbonyl (C=O) groups excluding carboxylic acids is 1. The first-order valence-electron chi connectivity index (χ1n) is 6.34. The molecule has 2 rings (SSSR count). The Morgan fingerprint density at radius 1 is 1.52 bits per heavy atom. The highest BCUT2D eigenvalue weighted by Gasteiger charge is 2.23. The summed E-state index contributed by atoms with van der Waals surface area (Å²) in [5.74, 6) is -0.616. The van der Waals surface area contributed by atoms with Gasteiger partial charge >= 0.3 is 5.97 Å².